The van der Waals surface area contributed by atoms with E-state index in [0.29, 0.717) is 49.7 Å². The SMILES string of the molecule is O=C(Nc1ccc(CC(=O)N2CCOCC2)cc1)c1ccc(Oc2ccccc2)cc1. The largest absolute Gasteiger partial charge is 0.457 e. The predicted octanol–water partition coefficient (Wildman–Crippen LogP) is 4.13. The van der Waals surface area contributed by atoms with Gasteiger partial charge in [0.25, 0.3) is 5.91 Å². The van der Waals surface area contributed by atoms with Gasteiger partial charge in [-0.3, -0.25) is 9.59 Å². The van der Waals surface area contributed by atoms with Crippen molar-refractivity contribution in [2.45, 2.75) is 6.42 Å². The van der Waals surface area contributed by atoms with Crippen LogP contribution in [0, 0.1) is 0 Å². The van der Waals surface area contributed by atoms with E-state index in [1.165, 1.54) is 0 Å². The van der Waals surface area contributed by atoms with E-state index in [-0.39, 0.29) is 11.8 Å². The molecule has 6 nitrogen and oxygen atoms in total. The first kappa shape index (κ1) is 20.6. The summed E-state index contributed by atoms with van der Waals surface area (Å²) in [6, 6.07) is 23.8. The Labute approximate surface area is 181 Å². The molecule has 0 saturated carbocycles. The lowest BCUT2D eigenvalue weighted by Crippen LogP contribution is -2.41. The van der Waals surface area contributed by atoms with Gasteiger partial charge in [0, 0.05) is 24.3 Å². The van der Waals surface area contributed by atoms with Gasteiger partial charge < -0.3 is 19.7 Å². The molecular weight excluding hydrogens is 392 g/mol. The fraction of sp³-hybridized carbons (Fsp3) is 0.200. The number of carbonyl (C=O) groups excluding carboxylic acids is 2. The number of ether oxygens (including phenoxy) is 2. The summed E-state index contributed by atoms with van der Waals surface area (Å²) >= 11 is 0. The zero-order valence-electron chi connectivity index (χ0n) is 17.1. The number of carbonyl (C=O) groups is 2. The second-order valence-corrected chi connectivity index (χ2v) is 7.26. The van der Waals surface area contributed by atoms with Crippen molar-refractivity contribution in [1.82, 2.24) is 4.90 Å². The van der Waals surface area contributed by atoms with Crippen LogP contribution in [0.15, 0.2) is 78.9 Å². The highest BCUT2D eigenvalue weighted by atomic mass is 16.5. The van der Waals surface area contributed by atoms with Gasteiger partial charge in [0.1, 0.15) is 11.5 Å². The molecule has 0 spiro atoms. The van der Waals surface area contributed by atoms with E-state index in [1.54, 1.807) is 24.3 Å². The van der Waals surface area contributed by atoms with Gasteiger partial charge in [-0.1, -0.05) is 30.3 Å². The number of para-hydroxylation sites is 1. The number of rotatable bonds is 6. The average Bonchev–Trinajstić information content (AvgIpc) is 2.82. The van der Waals surface area contributed by atoms with E-state index in [9.17, 15) is 9.59 Å². The standard InChI is InChI=1S/C25H24N2O4/c28-24(27-14-16-30-17-15-27)18-19-6-10-21(11-7-19)26-25(29)20-8-12-23(13-9-20)31-22-4-2-1-3-5-22/h1-13H,14-18H2,(H,26,29). The normalized spacial score (nSPS) is 13.5. The number of nitrogens with zero attached hydrogens (tertiary/aromatic N) is 1. The van der Waals surface area contributed by atoms with Crippen molar-refractivity contribution in [3.8, 4) is 11.5 Å². The van der Waals surface area contributed by atoms with E-state index in [0.717, 1.165) is 11.3 Å². The highest BCUT2D eigenvalue weighted by molar-refractivity contribution is 6.04. The van der Waals surface area contributed by atoms with Crippen LogP contribution in [-0.2, 0) is 16.0 Å². The number of anilines is 1. The Hall–Kier alpha value is -3.64. The molecular formula is C25H24N2O4. The van der Waals surface area contributed by atoms with E-state index in [1.807, 2.05) is 59.5 Å². The maximum atomic E-state index is 12.5. The lowest BCUT2D eigenvalue weighted by atomic mass is 10.1. The first-order chi connectivity index (χ1) is 15.2. The second-order valence-electron chi connectivity index (χ2n) is 7.26. The molecule has 1 aliphatic rings. The van der Waals surface area contributed by atoms with Crippen LogP contribution in [0.1, 0.15) is 15.9 Å². The van der Waals surface area contributed by atoms with Gasteiger partial charge in [0.05, 0.1) is 19.6 Å². The van der Waals surface area contributed by atoms with Crippen molar-refractivity contribution in [2.75, 3.05) is 31.6 Å². The summed E-state index contributed by atoms with van der Waals surface area (Å²) in [4.78, 5) is 26.7. The van der Waals surface area contributed by atoms with Crippen LogP contribution in [0.25, 0.3) is 0 Å². The molecule has 0 aromatic heterocycles. The monoisotopic (exact) mass is 416 g/mol. The average molecular weight is 416 g/mol. The minimum atomic E-state index is -0.205. The Morgan fingerprint density at radius 3 is 2.16 bits per heavy atom. The summed E-state index contributed by atoms with van der Waals surface area (Å²) in [5.41, 5.74) is 2.13. The molecule has 1 fully saturated rings. The van der Waals surface area contributed by atoms with Crippen LogP contribution in [0.2, 0.25) is 0 Å². The number of amides is 2. The molecule has 1 heterocycles. The van der Waals surface area contributed by atoms with Gasteiger partial charge >= 0.3 is 0 Å². The Morgan fingerprint density at radius 1 is 0.839 bits per heavy atom. The molecule has 158 valence electrons. The van der Waals surface area contributed by atoms with E-state index >= 15 is 0 Å². The van der Waals surface area contributed by atoms with Crippen molar-refractivity contribution in [1.29, 1.82) is 0 Å². The Balaban J connectivity index is 1.31. The van der Waals surface area contributed by atoms with Crippen LogP contribution >= 0.6 is 0 Å². The molecule has 3 aromatic carbocycles. The summed E-state index contributed by atoms with van der Waals surface area (Å²) in [5.74, 6) is 1.30. The molecule has 1 aliphatic heterocycles. The predicted molar refractivity (Wildman–Crippen MR) is 118 cm³/mol. The number of nitrogens with one attached hydrogen (secondary N) is 1. The first-order valence-corrected chi connectivity index (χ1v) is 10.3. The summed E-state index contributed by atoms with van der Waals surface area (Å²) in [7, 11) is 0. The fourth-order valence-electron chi connectivity index (χ4n) is 3.31. The van der Waals surface area contributed by atoms with Gasteiger partial charge in [0.15, 0.2) is 0 Å². The number of hydrogen-bond donors (Lipinski definition) is 1. The zero-order valence-corrected chi connectivity index (χ0v) is 17.1. The lowest BCUT2D eigenvalue weighted by molar-refractivity contribution is -0.134. The van der Waals surface area contributed by atoms with Crippen molar-refractivity contribution in [3.63, 3.8) is 0 Å². The van der Waals surface area contributed by atoms with E-state index in [2.05, 4.69) is 5.32 Å². The molecule has 0 bridgehead atoms. The van der Waals surface area contributed by atoms with Crippen molar-refractivity contribution in [2.24, 2.45) is 0 Å². The molecule has 0 unspecified atom stereocenters. The molecule has 6 heteroatoms. The lowest BCUT2D eigenvalue weighted by Gasteiger charge is -2.26. The maximum absolute atomic E-state index is 12.5. The molecule has 4 rings (SSSR count). The summed E-state index contributed by atoms with van der Waals surface area (Å²) in [6.45, 7) is 2.47. The van der Waals surface area contributed by atoms with Gasteiger partial charge in [-0.2, -0.15) is 0 Å². The van der Waals surface area contributed by atoms with Crippen LogP contribution in [0.5, 0.6) is 11.5 Å². The third kappa shape index (κ3) is 5.71. The number of benzene rings is 3. The van der Waals surface area contributed by atoms with E-state index in [4.69, 9.17) is 9.47 Å². The zero-order chi connectivity index (χ0) is 21.5. The summed E-state index contributed by atoms with van der Waals surface area (Å²) < 4.78 is 11.0. The van der Waals surface area contributed by atoms with Crippen LogP contribution in [0.4, 0.5) is 5.69 Å². The van der Waals surface area contributed by atoms with Gasteiger partial charge in [0.2, 0.25) is 5.91 Å². The van der Waals surface area contributed by atoms with Crippen LogP contribution < -0.4 is 10.1 Å². The van der Waals surface area contributed by atoms with Crippen LogP contribution in [-0.4, -0.2) is 43.0 Å². The number of morpholine rings is 1. The van der Waals surface area contributed by atoms with Crippen molar-refractivity contribution >= 4 is 17.5 Å². The third-order valence-corrected chi connectivity index (χ3v) is 5.03. The van der Waals surface area contributed by atoms with Gasteiger partial charge in [-0.15, -0.1) is 0 Å². The highest BCUT2D eigenvalue weighted by Crippen LogP contribution is 2.21. The molecule has 1 N–H and O–H groups in total. The quantitative estimate of drug-likeness (QED) is 0.656. The summed E-state index contributed by atoms with van der Waals surface area (Å²) in [5, 5.41) is 2.88. The molecule has 0 radical (unpaired) electrons. The van der Waals surface area contributed by atoms with E-state index < -0.39 is 0 Å². The topological polar surface area (TPSA) is 67.9 Å². The van der Waals surface area contributed by atoms with Gasteiger partial charge in [-0.05, 0) is 54.1 Å². The van der Waals surface area contributed by atoms with Gasteiger partial charge in [-0.25, -0.2) is 0 Å². The van der Waals surface area contributed by atoms with Crippen LogP contribution in [0.3, 0.4) is 0 Å². The number of hydrogen-bond acceptors (Lipinski definition) is 4. The maximum Gasteiger partial charge on any atom is 0.255 e. The minimum Gasteiger partial charge on any atom is -0.457 e. The summed E-state index contributed by atoms with van der Waals surface area (Å²) in [6.07, 6.45) is 0.344. The molecule has 31 heavy (non-hydrogen) atoms. The molecule has 0 aliphatic carbocycles. The molecule has 1 saturated heterocycles. The Kier molecular flexibility index (Phi) is 6.59. The molecule has 2 amide bonds. The van der Waals surface area contributed by atoms with Crippen molar-refractivity contribution in [3.05, 3.63) is 90.0 Å². The molecule has 0 atom stereocenters. The third-order valence-electron chi connectivity index (χ3n) is 5.03. The first-order valence-electron chi connectivity index (χ1n) is 10.3. The minimum absolute atomic E-state index is 0.0953. The fourth-order valence-corrected chi connectivity index (χ4v) is 3.31. The second kappa shape index (κ2) is 9.91. The Bertz CT molecular complexity index is 1010. The highest BCUT2D eigenvalue weighted by Gasteiger charge is 2.17. The molecule has 3 aromatic rings. The Morgan fingerprint density at radius 2 is 1.48 bits per heavy atom. The smallest absolute Gasteiger partial charge is 0.255 e. The van der Waals surface area contributed by atoms with Crippen molar-refractivity contribution < 1.29 is 19.1 Å².